The van der Waals surface area contributed by atoms with Crippen LogP contribution in [0.5, 0.6) is 0 Å². The van der Waals surface area contributed by atoms with Crippen molar-refractivity contribution in [3.05, 3.63) is 70.4 Å². The van der Waals surface area contributed by atoms with Crippen molar-refractivity contribution in [2.45, 2.75) is 19.3 Å². The summed E-state index contributed by atoms with van der Waals surface area (Å²) in [7, 11) is 0. The van der Waals surface area contributed by atoms with E-state index in [0.717, 1.165) is 24.1 Å². The molecule has 1 heterocycles. The first-order valence-electron chi connectivity index (χ1n) is 7.93. The minimum absolute atomic E-state index is 0.194. The molecule has 1 aliphatic rings. The zero-order valence-corrected chi connectivity index (χ0v) is 13.7. The van der Waals surface area contributed by atoms with Gasteiger partial charge < -0.3 is 5.32 Å². The topological polar surface area (TPSA) is 57.8 Å². The summed E-state index contributed by atoms with van der Waals surface area (Å²) in [6.07, 6.45) is 3.41. The van der Waals surface area contributed by atoms with Crippen LogP contribution in [0.15, 0.2) is 48.5 Å². The Balaban J connectivity index is 1.52. The highest BCUT2D eigenvalue weighted by Gasteiger charge is 2.14. The molecule has 4 nitrogen and oxygen atoms in total. The van der Waals surface area contributed by atoms with E-state index in [-0.39, 0.29) is 5.91 Å². The van der Waals surface area contributed by atoms with Gasteiger partial charge in [0.05, 0.1) is 5.69 Å². The van der Waals surface area contributed by atoms with E-state index < -0.39 is 0 Å². The van der Waals surface area contributed by atoms with Crippen molar-refractivity contribution in [2.24, 2.45) is 0 Å². The Morgan fingerprint density at radius 1 is 1.04 bits per heavy atom. The van der Waals surface area contributed by atoms with E-state index >= 15 is 0 Å². The standard InChI is InChI=1S/C19H16ClN3O/c20-15-7-4-13(5-8-15)17-11-18(23-22-17)19(24)21-16-9-6-12-2-1-3-14(12)10-16/h4-11H,1-3H2,(H,21,24)(H,22,23). The van der Waals surface area contributed by atoms with Crippen molar-refractivity contribution >= 4 is 23.2 Å². The Bertz CT molecular complexity index is 899. The van der Waals surface area contributed by atoms with Crippen molar-refractivity contribution in [1.29, 1.82) is 0 Å². The van der Waals surface area contributed by atoms with Crippen LogP contribution in [0.1, 0.15) is 28.0 Å². The highest BCUT2D eigenvalue weighted by molar-refractivity contribution is 6.30. The number of carbonyl (C=O) groups excluding carboxylic acids is 1. The number of aromatic amines is 1. The zero-order chi connectivity index (χ0) is 16.5. The lowest BCUT2D eigenvalue weighted by Gasteiger charge is -2.06. The van der Waals surface area contributed by atoms with Gasteiger partial charge >= 0.3 is 0 Å². The summed E-state index contributed by atoms with van der Waals surface area (Å²) < 4.78 is 0. The number of anilines is 1. The Morgan fingerprint density at radius 3 is 2.67 bits per heavy atom. The van der Waals surface area contributed by atoms with Gasteiger partial charge in [0.15, 0.2) is 0 Å². The number of aromatic nitrogens is 2. The molecule has 120 valence electrons. The molecule has 2 aromatic carbocycles. The second kappa shape index (κ2) is 6.13. The molecule has 0 aliphatic heterocycles. The van der Waals surface area contributed by atoms with Crippen molar-refractivity contribution in [2.75, 3.05) is 5.32 Å². The first-order valence-corrected chi connectivity index (χ1v) is 8.31. The molecule has 0 saturated carbocycles. The highest BCUT2D eigenvalue weighted by atomic mass is 35.5. The van der Waals surface area contributed by atoms with E-state index in [1.807, 2.05) is 18.2 Å². The number of benzene rings is 2. The predicted octanol–water partition coefficient (Wildman–Crippen LogP) is 4.47. The molecule has 0 radical (unpaired) electrons. The summed E-state index contributed by atoms with van der Waals surface area (Å²) in [5.74, 6) is -0.194. The van der Waals surface area contributed by atoms with Crippen LogP contribution < -0.4 is 5.32 Å². The molecule has 0 saturated heterocycles. The summed E-state index contributed by atoms with van der Waals surface area (Å²) in [6.45, 7) is 0. The van der Waals surface area contributed by atoms with Crippen molar-refractivity contribution in [3.8, 4) is 11.3 Å². The summed E-state index contributed by atoms with van der Waals surface area (Å²) in [5.41, 5.74) is 5.60. The van der Waals surface area contributed by atoms with E-state index in [1.54, 1.807) is 18.2 Å². The number of nitrogens with one attached hydrogen (secondary N) is 2. The molecule has 0 atom stereocenters. The Hall–Kier alpha value is -2.59. The van der Waals surface area contributed by atoms with E-state index in [0.29, 0.717) is 16.4 Å². The van der Waals surface area contributed by atoms with Gasteiger partial charge in [-0.1, -0.05) is 29.8 Å². The Morgan fingerprint density at radius 2 is 1.83 bits per heavy atom. The average molecular weight is 338 g/mol. The van der Waals surface area contributed by atoms with Gasteiger partial charge in [-0.2, -0.15) is 5.10 Å². The van der Waals surface area contributed by atoms with Crippen LogP contribution in [-0.4, -0.2) is 16.1 Å². The number of amides is 1. The SMILES string of the molecule is O=C(Nc1ccc2c(c1)CCC2)c1cc(-c2ccc(Cl)cc2)n[nH]1. The molecule has 1 aliphatic carbocycles. The quantitative estimate of drug-likeness (QED) is 0.740. The average Bonchev–Trinajstić information content (AvgIpc) is 3.24. The van der Waals surface area contributed by atoms with Crippen molar-refractivity contribution < 1.29 is 4.79 Å². The van der Waals surface area contributed by atoms with E-state index in [1.165, 1.54) is 17.5 Å². The van der Waals surface area contributed by atoms with Gasteiger partial charge in [-0.25, -0.2) is 0 Å². The van der Waals surface area contributed by atoms with Crippen LogP contribution in [0.4, 0.5) is 5.69 Å². The monoisotopic (exact) mass is 337 g/mol. The van der Waals surface area contributed by atoms with Gasteiger partial charge in [0.2, 0.25) is 0 Å². The lowest BCUT2D eigenvalue weighted by molar-refractivity contribution is 0.102. The van der Waals surface area contributed by atoms with E-state index in [9.17, 15) is 4.79 Å². The van der Waals surface area contributed by atoms with Gasteiger partial charge in [-0.3, -0.25) is 9.89 Å². The second-order valence-corrected chi connectivity index (χ2v) is 6.40. The highest BCUT2D eigenvalue weighted by Crippen LogP contribution is 2.25. The van der Waals surface area contributed by atoms with Gasteiger partial charge in [0.1, 0.15) is 5.69 Å². The maximum atomic E-state index is 12.4. The van der Waals surface area contributed by atoms with Crippen LogP contribution in [0.3, 0.4) is 0 Å². The van der Waals surface area contributed by atoms with Crippen LogP contribution >= 0.6 is 11.6 Å². The van der Waals surface area contributed by atoms with Gasteiger partial charge in [0, 0.05) is 16.3 Å². The first kappa shape index (κ1) is 15.0. The lowest BCUT2D eigenvalue weighted by atomic mass is 10.1. The fraction of sp³-hybridized carbons (Fsp3) is 0.158. The molecule has 4 rings (SSSR count). The predicted molar refractivity (Wildman–Crippen MR) is 95.5 cm³/mol. The molecular formula is C19H16ClN3O. The molecule has 24 heavy (non-hydrogen) atoms. The molecule has 0 spiro atoms. The fourth-order valence-electron chi connectivity index (χ4n) is 3.05. The minimum Gasteiger partial charge on any atom is -0.321 e. The smallest absolute Gasteiger partial charge is 0.273 e. The maximum absolute atomic E-state index is 12.4. The molecule has 1 amide bonds. The summed E-state index contributed by atoms with van der Waals surface area (Å²) in [6, 6.07) is 15.2. The molecule has 0 bridgehead atoms. The lowest BCUT2D eigenvalue weighted by Crippen LogP contribution is -2.12. The van der Waals surface area contributed by atoms with Crippen LogP contribution in [0, 0.1) is 0 Å². The molecule has 2 N–H and O–H groups in total. The normalized spacial score (nSPS) is 12.9. The Labute approximate surface area is 144 Å². The third kappa shape index (κ3) is 2.93. The van der Waals surface area contributed by atoms with E-state index in [2.05, 4.69) is 27.6 Å². The number of halogens is 1. The zero-order valence-electron chi connectivity index (χ0n) is 13.0. The van der Waals surface area contributed by atoms with Crippen LogP contribution in [0.25, 0.3) is 11.3 Å². The first-order chi connectivity index (χ1) is 11.7. The number of fused-ring (bicyclic) bond motifs is 1. The number of hydrogen-bond donors (Lipinski definition) is 2. The molecule has 0 unspecified atom stereocenters. The number of aryl methyl sites for hydroxylation is 2. The number of H-pyrrole nitrogens is 1. The molecular weight excluding hydrogens is 322 g/mol. The second-order valence-electron chi connectivity index (χ2n) is 5.96. The van der Waals surface area contributed by atoms with Gasteiger partial charge in [-0.15, -0.1) is 0 Å². The summed E-state index contributed by atoms with van der Waals surface area (Å²) in [4.78, 5) is 12.4. The van der Waals surface area contributed by atoms with Crippen molar-refractivity contribution in [3.63, 3.8) is 0 Å². The van der Waals surface area contributed by atoms with Crippen LogP contribution in [0.2, 0.25) is 5.02 Å². The number of carbonyl (C=O) groups is 1. The number of rotatable bonds is 3. The van der Waals surface area contributed by atoms with Gasteiger partial charge in [-0.05, 0) is 60.7 Å². The summed E-state index contributed by atoms with van der Waals surface area (Å²) >= 11 is 5.89. The molecule has 3 aromatic rings. The minimum atomic E-state index is -0.194. The third-order valence-electron chi connectivity index (χ3n) is 4.32. The molecule has 5 heteroatoms. The van der Waals surface area contributed by atoms with Crippen molar-refractivity contribution in [1.82, 2.24) is 10.2 Å². The number of nitrogens with zero attached hydrogens (tertiary/aromatic N) is 1. The number of hydrogen-bond acceptors (Lipinski definition) is 2. The maximum Gasteiger partial charge on any atom is 0.273 e. The largest absolute Gasteiger partial charge is 0.321 e. The van der Waals surface area contributed by atoms with E-state index in [4.69, 9.17) is 11.6 Å². The Kier molecular flexibility index (Phi) is 3.82. The third-order valence-corrected chi connectivity index (χ3v) is 4.57. The van der Waals surface area contributed by atoms with Gasteiger partial charge in [0.25, 0.3) is 5.91 Å². The fourth-order valence-corrected chi connectivity index (χ4v) is 3.18. The molecule has 1 aromatic heterocycles. The summed E-state index contributed by atoms with van der Waals surface area (Å²) in [5, 5.41) is 10.6. The molecule has 0 fully saturated rings. The van der Waals surface area contributed by atoms with Crippen LogP contribution in [-0.2, 0) is 12.8 Å².